The van der Waals surface area contributed by atoms with Gasteiger partial charge in [-0.2, -0.15) is 26.3 Å². The lowest BCUT2D eigenvalue weighted by Crippen LogP contribution is -2.47. The lowest BCUT2D eigenvalue weighted by atomic mass is 9.84. The van der Waals surface area contributed by atoms with Crippen LogP contribution in [0.4, 0.5) is 26.3 Å². The van der Waals surface area contributed by atoms with Crippen LogP contribution in [0.15, 0.2) is 53.9 Å². The second kappa shape index (κ2) is 11.3. The van der Waals surface area contributed by atoms with Crippen LogP contribution in [0.5, 0.6) is 0 Å². The highest BCUT2D eigenvalue weighted by atomic mass is 35.5. The first-order valence-corrected chi connectivity index (χ1v) is 11.6. The summed E-state index contributed by atoms with van der Waals surface area (Å²) in [6, 6.07) is 8.36. The van der Waals surface area contributed by atoms with E-state index < -0.39 is 58.9 Å². The van der Waals surface area contributed by atoms with Gasteiger partial charge in [-0.05, 0) is 47.0 Å². The number of rotatable bonds is 9. The lowest BCUT2D eigenvalue weighted by molar-refractivity contribution is -0.285. The molecule has 0 aromatic heterocycles. The maximum absolute atomic E-state index is 14.1. The van der Waals surface area contributed by atoms with Crippen molar-refractivity contribution < 1.29 is 40.2 Å². The predicted molar refractivity (Wildman–Crippen MR) is 120 cm³/mol. The molecule has 0 bridgehead atoms. The summed E-state index contributed by atoms with van der Waals surface area (Å²) in [5.74, 6) is 3.31. The Hall–Kier alpha value is -2.12. The van der Waals surface area contributed by atoms with Crippen LogP contribution in [0, 0.1) is 0 Å². The number of halogens is 8. The quantitative estimate of drug-likeness (QED) is 0.311. The SMILES string of the molecule is C=C(CC(ON)(c1cc(Cl)cc(Cl)c1)C(F)(F)F)c1ccc(S(=O)CC(=O)NCC(F)(F)F)cc1. The monoisotopic (exact) mass is 562 g/mol. The van der Waals surface area contributed by atoms with Crippen molar-refractivity contribution in [2.24, 2.45) is 5.90 Å². The van der Waals surface area contributed by atoms with Gasteiger partial charge in [0.25, 0.3) is 0 Å². The van der Waals surface area contributed by atoms with E-state index in [4.69, 9.17) is 29.1 Å². The van der Waals surface area contributed by atoms with Gasteiger partial charge in [0.2, 0.25) is 11.5 Å². The maximum atomic E-state index is 14.1. The van der Waals surface area contributed by atoms with E-state index in [9.17, 15) is 35.3 Å². The second-order valence-corrected chi connectivity index (χ2v) is 9.61. The fourth-order valence-electron chi connectivity index (χ4n) is 3.03. The molecule has 35 heavy (non-hydrogen) atoms. The number of hydrogen-bond acceptors (Lipinski definition) is 4. The summed E-state index contributed by atoms with van der Waals surface area (Å²) in [5, 5.41) is 1.45. The van der Waals surface area contributed by atoms with Gasteiger partial charge in [0.05, 0.1) is 10.8 Å². The predicted octanol–water partition coefficient (Wildman–Crippen LogP) is 5.53. The van der Waals surface area contributed by atoms with Gasteiger partial charge in [0.15, 0.2) is 0 Å². The van der Waals surface area contributed by atoms with Crippen LogP contribution in [0.2, 0.25) is 10.0 Å². The highest BCUT2D eigenvalue weighted by Crippen LogP contribution is 2.48. The Balaban J connectivity index is 2.23. The van der Waals surface area contributed by atoms with E-state index in [2.05, 4.69) is 11.4 Å². The highest BCUT2D eigenvalue weighted by Gasteiger charge is 2.58. The van der Waals surface area contributed by atoms with E-state index in [-0.39, 0.29) is 26.1 Å². The van der Waals surface area contributed by atoms with Crippen molar-refractivity contribution >= 4 is 45.5 Å². The van der Waals surface area contributed by atoms with Crippen LogP contribution in [0.25, 0.3) is 5.57 Å². The normalized spacial score (nSPS) is 14.8. The molecular weight excluding hydrogens is 545 g/mol. The number of nitrogens with two attached hydrogens (primary N) is 1. The molecule has 192 valence electrons. The minimum Gasteiger partial charge on any atom is -0.346 e. The minimum absolute atomic E-state index is 0.0656. The molecule has 14 heteroatoms. The molecule has 2 aromatic carbocycles. The number of nitrogens with one attached hydrogen (secondary N) is 1. The van der Waals surface area contributed by atoms with Gasteiger partial charge in [0, 0.05) is 21.4 Å². The molecule has 0 aliphatic rings. The molecular formula is C21H18Cl2F6N2O3S. The van der Waals surface area contributed by atoms with E-state index >= 15 is 0 Å². The number of amides is 1. The Bertz CT molecular complexity index is 1090. The molecule has 3 N–H and O–H groups in total. The third-order valence-electron chi connectivity index (χ3n) is 4.72. The number of carbonyl (C=O) groups excluding carboxylic acids is 1. The average Bonchev–Trinajstić information content (AvgIpc) is 2.74. The van der Waals surface area contributed by atoms with Crippen LogP contribution in [-0.2, 0) is 26.0 Å². The fourth-order valence-corrected chi connectivity index (χ4v) is 4.50. The van der Waals surface area contributed by atoms with Crippen molar-refractivity contribution in [3.05, 3.63) is 70.2 Å². The maximum Gasteiger partial charge on any atom is 0.424 e. The van der Waals surface area contributed by atoms with Crippen molar-refractivity contribution in [1.82, 2.24) is 5.32 Å². The van der Waals surface area contributed by atoms with E-state index in [1.165, 1.54) is 30.3 Å². The molecule has 0 spiro atoms. The number of carbonyl (C=O) groups is 1. The van der Waals surface area contributed by atoms with Crippen molar-refractivity contribution in [3.63, 3.8) is 0 Å². The van der Waals surface area contributed by atoms with E-state index in [0.717, 1.165) is 12.1 Å². The Morgan fingerprint density at radius 1 is 1.03 bits per heavy atom. The standard InChI is InChI=1S/C21H18Cl2F6N2O3S/c1-12(9-19(34-30,21(27,28)29)14-6-15(22)8-16(23)7-14)13-2-4-17(5-3-13)35(33)10-18(32)31-11-20(24,25)26/h2-8H,1,9-11,30H2,(H,31,32). The molecule has 1 amide bonds. The summed E-state index contributed by atoms with van der Waals surface area (Å²) in [6.45, 7) is 2.10. The Labute approximate surface area is 208 Å². The highest BCUT2D eigenvalue weighted by molar-refractivity contribution is 7.85. The summed E-state index contributed by atoms with van der Waals surface area (Å²) in [6.07, 6.45) is -10.5. The molecule has 0 radical (unpaired) electrons. The van der Waals surface area contributed by atoms with Gasteiger partial charge in [0.1, 0.15) is 12.3 Å². The van der Waals surface area contributed by atoms with Crippen LogP contribution in [0.3, 0.4) is 0 Å². The smallest absolute Gasteiger partial charge is 0.346 e. The summed E-state index contributed by atoms with van der Waals surface area (Å²) in [7, 11) is -2.00. The molecule has 2 aromatic rings. The summed E-state index contributed by atoms with van der Waals surface area (Å²) in [4.78, 5) is 16.1. The third-order valence-corrected chi connectivity index (χ3v) is 6.48. The molecule has 0 saturated carbocycles. The van der Waals surface area contributed by atoms with Gasteiger partial charge < -0.3 is 5.32 Å². The molecule has 0 heterocycles. The van der Waals surface area contributed by atoms with Crippen LogP contribution in [0.1, 0.15) is 17.5 Å². The number of alkyl halides is 6. The molecule has 2 rings (SSSR count). The van der Waals surface area contributed by atoms with Crippen LogP contribution >= 0.6 is 23.2 Å². The summed E-state index contributed by atoms with van der Waals surface area (Å²) >= 11 is 11.7. The van der Waals surface area contributed by atoms with Crippen molar-refractivity contribution in [1.29, 1.82) is 0 Å². The van der Waals surface area contributed by atoms with Gasteiger partial charge >= 0.3 is 12.4 Å². The van der Waals surface area contributed by atoms with Crippen LogP contribution in [-0.4, -0.2) is 34.8 Å². The second-order valence-electron chi connectivity index (χ2n) is 7.29. The number of benzene rings is 2. The summed E-state index contributed by atoms with van der Waals surface area (Å²) < 4.78 is 91.2. The lowest BCUT2D eigenvalue weighted by Gasteiger charge is -2.35. The van der Waals surface area contributed by atoms with Gasteiger partial charge in [-0.15, -0.1) is 0 Å². The van der Waals surface area contributed by atoms with Crippen LogP contribution < -0.4 is 11.2 Å². The molecule has 2 atom stereocenters. The first-order chi connectivity index (χ1) is 16.1. The topological polar surface area (TPSA) is 81.4 Å². The number of hydrogen-bond donors (Lipinski definition) is 2. The van der Waals surface area contributed by atoms with E-state index in [1.54, 1.807) is 5.32 Å². The van der Waals surface area contributed by atoms with Crippen molar-refractivity contribution in [2.45, 2.75) is 29.3 Å². The molecule has 2 unspecified atom stereocenters. The van der Waals surface area contributed by atoms with Gasteiger partial charge in [-0.1, -0.05) is 41.9 Å². The Morgan fingerprint density at radius 3 is 2.03 bits per heavy atom. The zero-order valence-corrected chi connectivity index (χ0v) is 19.9. The zero-order valence-electron chi connectivity index (χ0n) is 17.6. The van der Waals surface area contributed by atoms with Gasteiger partial charge in [-0.25, -0.2) is 5.90 Å². The van der Waals surface area contributed by atoms with E-state index in [0.29, 0.717) is 0 Å². The first-order valence-electron chi connectivity index (χ1n) is 9.49. The first kappa shape index (κ1) is 29.1. The average molecular weight is 563 g/mol. The zero-order chi connectivity index (χ0) is 26.6. The third kappa shape index (κ3) is 7.68. The minimum atomic E-state index is -5.01. The molecule has 0 aliphatic carbocycles. The van der Waals surface area contributed by atoms with Crippen molar-refractivity contribution in [3.8, 4) is 0 Å². The van der Waals surface area contributed by atoms with Crippen molar-refractivity contribution in [2.75, 3.05) is 12.3 Å². The Kier molecular flexibility index (Phi) is 9.39. The fraction of sp³-hybridized carbons (Fsp3) is 0.286. The Morgan fingerprint density at radius 2 is 1.57 bits per heavy atom. The molecule has 0 aliphatic heterocycles. The molecule has 5 nitrogen and oxygen atoms in total. The molecule has 0 fully saturated rings. The summed E-state index contributed by atoms with van der Waals surface area (Å²) in [5.41, 5.74) is -3.36. The molecule has 0 saturated heterocycles. The van der Waals surface area contributed by atoms with Gasteiger partial charge in [-0.3, -0.25) is 13.8 Å². The van der Waals surface area contributed by atoms with E-state index in [1.807, 2.05) is 0 Å². The largest absolute Gasteiger partial charge is 0.424 e.